The van der Waals surface area contributed by atoms with Crippen LogP contribution in [-0.2, 0) is 11.0 Å². The number of nitrogens with one attached hydrogen (secondary N) is 2. The van der Waals surface area contributed by atoms with Crippen molar-refractivity contribution in [2.24, 2.45) is 22.9 Å². The van der Waals surface area contributed by atoms with Crippen LogP contribution < -0.4 is 43.4 Å². The molecule has 0 unspecified atom stereocenters. The van der Waals surface area contributed by atoms with E-state index in [1.165, 1.54) is 24.3 Å². The fourth-order valence-corrected chi connectivity index (χ4v) is 5.47. The molecule has 240 valence electrons. The van der Waals surface area contributed by atoms with Gasteiger partial charge in [0.05, 0.1) is 12.0 Å². The highest BCUT2D eigenvalue weighted by molar-refractivity contribution is 6.11. The molecule has 0 saturated carbocycles. The molecular formula is C29H36F3N11O2. The van der Waals surface area contributed by atoms with Crippen LogP contribution in [0.25, 0.3) is 0 Å². The number of hydrogen-bond acceptors (Lipinski definition) is 12. The van der Waals surface area contributed by atoms with Gasteiger partial charge in [-0.1, -0.05) is 6.07 Å². The molecule has 13 nitrogen and oxygen atoms in total. The van der Waals surface area contributed by atoms with Gasteiger partial charge in [0.25, 0.3) is 0 Å². The zero-order chi connectivity index (χ0) is 32.3. The Morgan fingerprint density at radius 1 is 0.778 bits per heavy atom. The minimum absolute atomic E-state index is 0.0553. The second-order valence-electron chi connectivity index (χ2n) is 11.5. The Hall–Kier alpha value is -4.38. The van der Waals surface area contributed by atoms with Crippen LogP contribution in [-0.4, -0.2) is 77.0 Å². The minimum atomic E-state index is -4.56. The van der Waals surface area contributed by atoms with Crippen LogP contribution in [0, 0.1) is 0 Å². The standard InChI is InChI=1S/C29H36F3N11O2/c30-29(31,32)17-2-1-3-23(8-17)37-25(45)11-24(44)16-4-6-22(7-5-16)38-26-39-27(42-12-18(33)9-19(34)13-42)41-28(40-26)43-14-20(35)10-21(36)15-43/h1-8,18-21H,9-15,33-36H2,(H,37,45)(H,38,39,40,41)/t18-,19+,20-,21+. The first-order valence-electron chi connectivity index (χ1n) is 14.5. The molecule has 0 spiro atoms. The Kier molecular flexibility index (Phi) is 9.48. The van der Waals surface area contributed by atoms with Gasteiger partial charge in [-0.3, -0.25) is 9.59 Å². The molecule has 0 aliphatic carbocycles. The van der Waals surface area contributed by atoms with Crippen LogP contribution in [0.4, 0.5) is 42.4 Å². The van der Waals surface area contributed by atoms with Crippen molar-refractivity contribution in [1.29, 1.82) is 0 Å². The Balaban J connectivity index is 1.29. The molecule has 45 heavy (non-hydrogen) atoms. The van der Waals surface area contributed by atoms with Crippen molar-refractivity contribution in [3.05, 3.63) is 59.7 Å². The number of nitrogens with zero attached hydrogens (tertiary/aromatic N) is 5. The predicted octanol–water partition coefficient (Wildman–Crippen LogP) is 1.57. The lowest BCUT2D eigenvalue weighted by molar-refractivity contribution is -0.137. The molecule has 2 fully saturated rings. The summed E-state index contributed by atoms with van der Waals surface area (Å²) in [5, 5.41) is 5.48. The molecular weight excluding hydrogens is 591 g/mol. The lowest BCUT2D eigenvalue weighted by Gasteiger charge is -2.37. The summed E-state index contributed by atoms with van der Waals surface area (Å²) in [5.74, 6) is -0.193. The topological polar surface area (TPSA) is 207 Å². The molecule has 3 heterocycles. The number of alkyl halides is 3. The van der Waals surface area contributed by atoms with Crippen molar-refractivity contribution in [2.75, 3.05) is 46.6 Å². The first-order chi connectivity index (χ1) is 21.3. The second-order valence-corrected chi connectivity index (χ2v) is 11.5. The van der Waals surface area contributed by atoms with Gasteiger partial charge in [0.2, 0.25) is 23.8 Å². The van der Waals surface area contributed by atoms with E-state index < -0.39 is 29.9 Å². The second kappa shape index (κ2) is 13.3. The van der Waals surface area contributed by atoms with Gasteiger partial charge in [0.15, 0.2) is 5.78 Å². The number of hydrogen-bond donors (Lipinski definition) is 6. The lowest BCUT2D eigenvalue weighted by atomic mass is 10.0. The Labute approximate surface area is 257 Å². The Morgan fingerprint density at radius 3 is 1.82 bits per heavy atom. The molecule has 5 rings (SSSR count). The number of halogens is 3. The van der Waals surface area contributed by atoms with Crippen LogP contribution in [0.15, 0.2) is 48.5 Å². The third-order valence-electron chi connectivity index (χ3n) is 7.47. The van der Waals surface area contributed by atoms with Crippen molar-refractivity contribution in [3.8, 4) is 0 Å². The normalized spacial score (nSPS) is 22.2. The molecule has 0 radical (unpaired) electrons. The summed E-state index contributed by atoms with van der Waals surface area (Å²) in [6, 6.07) is 9.94. The highest BCUT2D eigenvalue weighted by Gasteiger charge is 2.31. The van der Waals surface area contributed by atoms with Crippen LogP contribution in [0.3, 0.4) is 0 Å². The monoisotopic (exact) mass is 627 g/mol. The van der Waals surface area contributed by atoms with Gasteiger partial charge in [-0.05, 0) is 55.3 Å². The van der Waals surface area contributed by atoms with E-state index in [0.29, 0.717) is 56.6 Å². The molecule has 16 heteroatoms. The van der Waals surface area contributed by atoms with Crippen LogP contribution >= 0.6 is 0 Å². The quantitative estimate of drug-likeness (QED) is 0.155. The number of carbonyl (C=O) groups excluding carboxylic acids is 2. The lowest BCUT2D eigenvalue weighted by Crippen LogP contribution is -2.54. The number of rotatable bonds is 8. The summed E-state index contributed by atoms with van der Waals surface area (Å²) < 4.78 is 38.9. The van der Waals surface area contributed by atoms with E-state index in [2.05, 4.69) is 20.6 Å². The average Bonchev–Trinajstić information content (AvgIpc) is 2.96. The Bertz CT molecular complexity index is 1460. The maximum Gasteiger partial charge on any atom is 0.416 e. The van der Waals surface area contributed by atoms with Gasteiger partial charge in [0, 0.05) is 67.3 Å². The zero-order valence-corrected chi connectivity index (χ0v) is 24.4. The SMILES string of the molecule is N[C@@H]1C[C@H](N)CN(c2nc(Nc3ccc(C(=O)CC(=O)Nc4cccc(C(F)(F)F)c4)cc3)nc(N3C[C@H](N)C[C@H](N)C3)n2)C1. The molecule has 2 aromatic carbocycles. The van der Waals surface area contributed by atoms with Crippen LogP contribution in [0.5, 0.6) is 0 Å². The Morgan fingerprint density at radius 2 is 1.31 bits per heavy atom. The van der Waals surface area contributed by atoms with Crippen molar-refractivity contribution in [2.45, 2.75) is 49.6 Å². The molecule has 1 amide bonds. The van der Waals surface area contributed by atoms with E-state index in [9.17, 15) is 22.8 Å². The first kappa shape index (κ1) is 32.0. The summed E-state index contributed by atoms with van der Waals surface area (Å²) in [4.78, 5) is 42.9. The number of benzene rings is 2. The summed E-state index contributed by atoms with van der Waals surface area (Å²) >= 11 is 0. The van der Waals surface area contributed by atoms with E-state index in [1.54, 1.807) is 12.1 Å². The molecule has 2 saturated heterocycles. The number of amides is 1. The number of piperidine rings is 2. The fourth-order valence-electron chi connectivity index (χ4n) is 5.47. The summed E-state index contributed by atoms with van der Waals surface area (Å²) in [6.45, 7) is 2.09. The van der Waals surface area contributed by atoms with Crippen molar-refractivity contribution in [3.63, 3.8) is 0 Å². The minimum Gasteiger partial charge on any atom is -0.338 e. The maximum atomic E-state index is 13.0. The highest BCUT2D eigenvalue weighted by Crippen LogP contribution is 2.31. The van der Waals surface area contributed by atoms with E-state index in [1.807, 2.05) is 9.80 Å². The summed E-state index contributed by atoms with van der Waals surface area (Å²) in [5.41, 5.74) is 24.7. The number of nitrogens with two attached hydrogens (primary N) is 4. The van der Waals surface area contributed by atoms with Crippen molar-refractivity contribution >= 4 is 40.9 Å². The fraction of sp³-hybridized carbons (Fsp3) is 0.414. The van der Waals surface area contributed by atoms with E-state index in [0.717, 1.165) is 12.1 Å². The van der Waals surface area contributed by atoms with Crippen LogP contribution in [0.2, 0.25) is 0 Å². The van der Waals surface area contributed by atoms with E-state index in [4.69, 9.17) is 27.9 Å². The van der Waals surface area contributed by atoms with Gasteiger partial charge in [0.1, 0.15) is 0 Å². The van der Waals surface area contributed by atoms with E-state index >= 15 is 0 Å². The maximum absolute atomic E-state index is 13.0. The molecule has 4 atom stereocenters. The number of Topliss-reactive ketones (excluding diaryl/α,β-unsaturated/α-hetero) is 1. The van der Waals surface area contributed by atoms with Gasteiger partial charge in [-0.15, -0.1) is 0 Å². The third-order valence-corrected chi connectivity index (χ3v) is 7.47. The summed E-state index contributed by atoms with van der Waals surface area (Å²) in [6.07, 6.45) is -3.73. The first-order valence-corrected chi connectivity index (χ1v) is 14.5. The number of anilines is 5. The molecule has 10 N–H and O–H groups in total. The molecule has 2 aliphatic rings. The van der Waals surface area contributed by atoms with Gasteiger partial charge in [-0.2, -0.15) is 28.1 Å². The molecule has 1 aromatic heterocycles. The average molecular weight is 628 g/mol. The van der Waals surface area contributed by atoms with Crippen molar-refractivity contribution in [1.82, 2.24) is 15.0 Å². The number of carbonyl (C=O) groups is 2. The largest absolute Gasteiger partial charge is 0.416 e. The molecule has 3 aromatic rings. The van der Waals surface area contributed by atoms with Crippen LogP contribution in [0.1, 0.15) is 35.2 Å². The highest BCUT2D eigenvalue weighted by atomic mass is 19.4. The molecule has 0 bridgehead atoms. The van der Waals surface area contributed by atoms with Crippen molar-refractivity contribution < 1.29 is 22.8 Å². The number of ketones is 1. The van der Waals surface area contributed by atoms with Gasteiger partial charge >= 0.3 is 6.18 Å². The third kappa shape index (κ3) is 8.42. The smallest absolute Gasteiger partial charge is 0.338 e. The predicted molar refractivity (Wildman–Crippen MR) is 164 cm³/mol. The number of aromatic nitrogens is 3. The van der Waals surface area contributed by atoms with E-state index in [-0.39, 0.29) is 41.4 Å². The van der Waals surface area contributed by atoms with Gasteiger partial charge in [-0.25, -0.2) is 0 Å². The summed E-state index contributed by atoms with van der Waals surface area (Å²) in [7, 11) is 0. The zero-order valence-electron chi connectivity index (χ0n) is 24.4. The van der Waals surface area contributed by atoms with Gasteiger partial charge < -0.3 is 43.4 Å². The molecule has 2 aliphatic heterocycles.